The molecule has 0 saturated carbocycles. The van der Waals surface area contributed by atoms with Crippen LogP contribution in [0.2, 0.25) is 0 Å². The number of anilines is 2. The number of amides is 2. The first-order valence-electron chi connectivity index (χ1n) is 9.95. The number of rotatable bonds is 6. The highest BCUT2D eigenvalue weighted by Crippen LogP contribution is 2.28. The molecule has 0 saturated heterocycles. The molecule has 2 N–H and O–H groups in total. The van der Waals surface area contributed by atoms with Crippen LogP contribution in [-0.2, 0) is 4.79 Å². The SMILES string of the molecule is Cc1cccc(C(=O)Nc2ccc(NC(=O)C(C)Oc3c(C)cc(Br)cc3C)cc2)c1. The zero-order valence-electron chi connectivity index (χ0n) is 18.0. The summed E-state index contributed by atoms with van der Waals surface area (Å²) in [6, 6.07) is 18.3. The molecule has 0 radical (unpaired) electrons. The number of ether oxygens (including phenoxy) is 1. The number of carbonyl (C=O) groups is 2. The number of hydrogen-bond donors (Lipinski definition) is 2. The van der Waals surface area contributed by atoms with Crippen molar-refractivity contribution < 1.29 is 14.3 Å². The minimum atomic E-state index is -0.667. The molecule has 0 heterocycles. The van der Waals surface area contributed by atoms with Crippen molar-refractivity contribution in [1.29, 1.82) is 0 Å². The van der Waals surface area contributed by atoms with Gasteiger partial charge in [0.2, 0.25) is 0 Å². The maximum atomic E-state index is 12.6. The van der Waals surface area contributed by atoms with Crippen LogP contribution in [0.5, 0.6) is 5.75 Å². The van der Waals surface area contributed by atoms with Gasteiger partial charge in [0.15, 0.2) is 6.10 Å². The summed E-state index contributed by atoms with van der Waals surface area (Å²) >= 11 is 3.46. The van der Waals surface area contributed by atoms with Gasteiger partial charge in [-0.15, -0.1) is 0 Å². The molecule has 0 spiro atoms. The normalized spacial score (nSPS) is 11.5. The lowest BCUT2D eigenvalue weighted by molar-refractivity contribution is -0.122. The molecule has 6 heteroatoms. The Morgan fingerprint density at radius 3 is 2.03 bits per heavy atom. The molecular formula is C25H25BrN2O3. The van der Waals surface area contributed by atoms with E-state index in [1.54, 1.807) is 37.3 Å². The summed E-state index contributed by atoms with van der Waals surface area (Å²) in [6.07, 6.45) is -0.667. The highest BCUT2D eigenvalue weighted by atomic mass is 79.9. The quantitative estimate of drug-likeness (QED) is 0.452. The van der Waals surface area contributed by atoms with Gasteiger partial charge < -0.3 is 15.4 Å². The molecule has 3 aromatic carbocycles. The van der Waals surface area contributed by atoms with Gasteiger partial charge in [0.1, 0.15) is 5.75 Å². The second-order valence-corrected chi connectivity index (χ2v) is 8.43. The Hall–Kier alpha value is -3.12. The van der Waals surface area contributed by atoms with Gasteiger partial charge in [0.05, 0.1) is 0 Å². The van der Waals surface area contributed by atoms with Crippen LogP contribution in [0, 0.1) is 20.8 Å². The van der Waals surface area contributed by atoms with E-state index in [-0.39, 0.29) is 11.8 Å². The average molecular weight is 481 g/mol. The fourth-order valence-corrected chi connectivity index (χ4v) is 3.87. The predicted molar refractivity (Wildman–Crippen MR) is 128 cm³/mol. The Morgan fingerprint density at radius 1 is 0.871 bits per heavy atom. The second-order valence-electron chi connectivity index (χ2n) is 7.52. The molecule has 2 amide bonds. The van der Waals surface area contributed by atoms with Crippen molar-refractivity contribution in [3.8, 4) is 5.75 Å². The monoisotopic (exact) mass is 480 g/mol. The van der Waals surface area contributed by atoms with E-state index in [4.69, 9.17) is 4.74 Å². The van der Waals surface area contributed by atoms with E-state index in [1.165, 1.54) is 0 Å². The van der Waals surface area contributed by atoms with Crippen LogP contribution in [-0.4, -0.2) is 17.9 Å². The smallest absolute Gasteiger partial charge is 0.265 e. The van der Waals surface area contributed by atoms with Crippen molar-refractivity contribution in [2.24, 2.45) is 0 Å². The van der Waals surface area contributed by atoms with E-state index < -0.39 is 6.10 Å². The molecule has 0 bridgehead atoms. The summed E-state index contributed by atoms with van der Waals surface area (Å²) in [4.78, 5) is 24.9. The summed E-state index contributed by atoms with van der Waals surface area (Å²) in [6.45, 7) is 7.55. The lowest BCUT2D eigenvalue weighted by atomic mass is 10.1. The van der Waals surface area contributed by atoms with Crippen LogP contribution in [0.25, 0.3) is 0 Å². The minimum absolute atomic E-state index is 0.178. The van der Waals surface area contributed by atoms with Gasteiger partial charge in [0, 0.05) is 21.4 Å². The second kappa shape index (κ2) is 9.79. The highest BCUT2D eigenvalue weighted by Gasteiger charge is 2.17. The highest BCUT2D eigenvalue weighted by molar-refractivity contribution is 9.10. The summed E-state index contributed by atoms with van der Waals surface area (Å²) in [7, 11) is 0. The molecule has 1 atom stereocenters. The van der Waals surface area contributed by atoms with Gasteiger partial charge in [-0.2, -0.15) is 0 Å². The lowest BCUT2D eigenvalue weighted by Crippen LogP contribution is -2.30. The first kappa shape index (κ1) is 22.6. The van der Waals surface area contributed by atoms with E-state index in [1.807, 2.05) is 51.1 Å². The fraction of sp³-hybridized carbons (Fsp3) is 0.200. The number of aryl methyl sites for hydroxylation is 3. The third-order valence-electron chi connectivity index (χ3n) is 4.78. The maximum Gasteiger partial charge on any atom is 0.265 e. The largest absolute Gasteiger partial charge is 0.480 e. The molecule has 160 valence electrons. The predicted octanol–water partition coefficient (Wildman–Crippen LogP) is 6.03. The van der Waals surface area contributed by atoms with Crippen LogP contribution in [0.15, 0.2) is 65.1 Å². The van der Waals surface area contributed by atoms with E-state index in [2.05, 4.69) is 26.6 Å². The zero-order valence-corrected chi connectivity index (χ0v) is 19.5. The lowest BCUT2D eigenvalue weighted by Gasteiger charge is -2.18. The van der Waals surface area contributed by atoms with Gasteiger partial charge in [-0.3, -0.25) is 9.59 Å². The number of nitrogens with one attached hydrogen (secondary N) is 2. The maximum absolute atomic E-state index is 12.6. The molecule has 0 aliphatic rings. The topological polar surface area (TPSA) is 67.4 Å². The third-order valence-corrected chi connectivity index (χ3v) is 5.24. The molecule has 3 aromatic rings. The van der Waals surface area contributed by atoms with Gasteiger partial charge in [-0.05, 0) is 87.4 Å². The van der Waals surface area contributed by atoms with E-state index in [9.17, 15) is 9.59 Å². The first-order chi connectivity index (χ1) is 14.7. The van der Waals surface area contributed by atoms with Crippen molar-refractivity contribution >= 4 is 39.1 Å². The molecule has 1 unspecified atom stereocenters. The molecule has 31 heavy (non-hydrogen) atoms. The molecule has 0 aliphatic carbocycles. The molecule has 0 aliphatic heterocycles. The van der Waals surface area contributed by atoms with Crippen molar-refractivity contribution in [3.05, 3.63) is 87.4 Å². The van der Waals surface area contributed by atoms with Gasteiger partial charge in [-0.25, -0.2) is 0 Å². The van der Waals surface area contributed by atoms with Crippen molar-refractivity contribution in [3.63, 3.8) is 0 Å². The van der Waals surface area contributed by atoms with Crippen LogP contribution in [0.3, 0.4) is 0 Å². The Labute approximate surface area is 191 Å². The fourth-order valence-electron chi connectivity index (χ4n) is 3.18. The summed E-state index contributed by atoms with van der Waals surface area (Å²) < 4.78 is 6.88. The van der Waals surface area contributed by atoms with Crippen molar-refractivity contribution in [2.45, 2.75) is 33.8 Å². The van der Waals surface area contributed by atoms with Gasteiger partial charge in [-0.1, -0.05) is 33.6 Å². The zero-order chi connectivity index (χ0) is 22.5. The third kappa shape index (κ3) is 5.95. The number of halogens is 1. The van der Waals surface area contributed by atoms with Crippen molar-refractivity contribution in [2.75, 3.05) is 10.6 Å². The average Bonchev–Trinajstić information content (AvgIpc) is 2.71. The standard InChI is InChI=1S/C25H25BrN2O3/c1-15-6-5-7-19(12-15)25(30)28-22-10-8-21(9-11-22)27-24(29)18(4)31-23-16(2)13-20(26)14-17(23)3/h5-14,18H,1-4H3,(H,27,29)(H,28,30). The van der Waals surface area contributed by atoms with Crippen LogP contribution < -0.4 is 15.4 Å². The molecule has 0 aromatic heterocycles. The van der Waals surface area contributed by atoms with Crippen LogP contribution >= 0.6 is 15.9 Å². The van der Waals surface area contributed by atoms with Crippen LogP contribution in [0.1, 0.15) is 34.0 Å². The van der Waals surface area contributed by atoms with E-state index in [0.717, 1.165) is 21.2 Å². The van der Waals surface area contributed by atoms with E-state index in [0.29, 0.717) is 22.7 Å². The molecule has 0 fully saturated rings. The summed E-state index contributed by atoms with van der Waals surface area (Å²) in [5.74, 6) is 0.279. The number of benzene rings is 3. The van der Waals surface area contributed by atoms with Gasteiger partial charge >= 0.3 is 0 Å². The van der Waals surface area contributed by atoms with Gasteiger partial charge in [0.25, 0.3) is 11.8 Å². The first-order valence-corrected chi connectivity index (χ1v) is 10.7. The summed E-state index contributed by atoms with van der Waals surface area (Å²) in [5, 5.41) is 5.70. The minimum Gasteiger partial charge on any atom is -0.480 e. The molecular weight excluding hydrogens is 456 g/mol. The molecule has 5 nitrogen and oxygen atoms in total. The Kier molecular flexibility index (Phi) is 7.13. The number of carbonyl (C=O) groups excluding carboxylic acids is 2. The van der Waals surface area contributed by atoms with Crippen LogP contribution in [0.4, 0.5) is 11.4 Å². The Bertz CT molecular complexity index is 1090. The summed E-state index contributed by atoms with van der Waals surface area (Å²) in [5.41, 5.74) is 4.81. The Morgan fingerprint density at radius 2 is 1.45 bits per heavy atom. The van der Waals surface area contributed by atoms with E-state index >= 15 is 0 Å². The Balaban J connectivity index is 1.60. The molecule has 3 rings (SSSR count). The number of hydrogen-bond acceptors (Lipinski definition) is 3. The van der Waals surface area contributed by atoms with Crippen molar-refractivity contribution in [1.82, 2.24) is 0 Å².